The molecule has 0 fully saturated rings. The highest BCUT2D eigenvalue weighted by molar-refractivity contribution is 6.00. The lowest BCUT2D eigenvalue weighted by Gasteiger charge is -2.12. The van der Waals surface area contributed by atoms with Crippen LogP contribution in [-0.4, -0.2) is 16.0 Å². The highest BCUT2D eigenvalue weighted by atomic mass is 16.5. The summed E-state index contributed by atoms with van der Waals surface area (Å²) in [6.07, 6.45) is 0. The maximum absolute atomic E-state index is 9.02. The summed E-state index contributed by atoms with van der Waals surface area (Å²) in [5.41, 5.74) is 4.26. The van der Waals surface area contributed by atoms with Crippen LogP contribution in [0.15, 0.2) is 47.6 Å². The first-order valence-electron chi connectivity index (χ1n) is 6.75. The van der Waals surface area contributed by atoms with Gasteiger partial charge >= 0.3 is 0 Å². The van der Waals surface area contributed by atoms with Crippen LogP contribution >= 0.6 is 0 Å². The Bertz CT molecular complexity index is 633. The fraction of sp³-hybridized carbons (Fsp3) is 0.235. The summed E-state index contributed by atoms with van der Waals surface area (Å²) in [6, 6.07) is 13.3. The van der Waals surface area contributed by atoms with Crippen LogP contribution in [0.2, 0.25) is 0 Å². The standard InChI is InChI=1S/C17H19NO3/c1-12-3-8-17(16(9-12)13(2)18-20)21-11-15-6-4-14(10-19)5-7-15/h3-9,19-20H,10-11H2,1-2H3/b18-13-. The maximum atomic E-state index is 9.02. The monoisotopic (exact) mass is 285 g/mol. The third-order valence-corrected chi connectivity index (χ3v) is 3.27. The second kappa shape index (κ2) is 6.90. The van der Waals surface area contributed by atoms with Crippen molar-refractivity contribution in [2.75, 3.05) is 0 Å². The molecule has 2 aromatic rings. The second-order valence-corrected chi connectivity index (χ2v) is 4.95. The highest BCUT2D eigenvalue weighted by Crippen LogP contribution is 2.22. The minimum absolute atomic E-state index is 0.0371. The molecule has 21 heavy (non-hydrogen) atoms. The summed E-state index contributed by atoms with van der Waals surface area (Å²) >= 11 is 0. The molecule has 4 heteroatoms. The molecular weight excluding hydrogens is 266 g/mol. The van der Waals surface area contributed by atoms with Crippen molar-refractivity contribution in [2.24, 2.45) is 5.16 Å². The van der Waals surface area contributed by atoms with Crippen molar-refractivity contribution in [3.63, 3.8) is 0 Å². The molecular formula is C17H19NO3. The van der Waals surface area contributed by atoms with Crippen LogP contribution in [0.3, 0.4) is 0 Å². The van der Waals surface area contributed by atoms with Crippen molar-refractivity contribution in [1.29, 1.82) is 0 Å². The van der Waals surface area contributed by atoms with Crippen LogP contribution in [0.25, 0.3) is 0 Å². The number of oxime groups is 1. The van der Waals surface area contributed by atoms with Crippen LogP contribution in [0.4, 0.5) is 0 Å². The lowest BCUT2D eigenvalue weighted by atomic mass is 10.1. The molecule has 0 heterocycles. The van der Waals surface area contributed by atoms with E-state index in [2.05, 4.69) is 5.16 Å². The zero-order valence-corrected chi connectivity index (χ0v) is 12.2. The molecule has 0 aromatic heterocycles. The number of aliphatic hydroxyl groups is 1. The van der Waals surface area contributed by atoms with Gasteiger partial charge in [0.05, 0.1) is 12.3 Å². The Morgan fingerprint density at radius 2 is 1.76 bits per heavy atom. The van der Waals surface area contributed by atoms with Gasteiger partial charge in [-0.3, -0.25) is 0 Å². The molecule has 4 nitrogen and oxygen atoms in total. The molecule has 0 saturated carbocycles. The number of aliphatic hydroxyl groups excluding tert-OH is 1. The first-order valence-corrected chi connectivity index (χ1v) is 6.75. The van der Waals surface area contributed by atoms with Crippen LogP contribution in [0.5, 0.6) is 5.75 Å². The van der Waals surface area contributed by atoms with Gasteiger partial charge in [0.25, 0.3) is 0 Å². The van der Waals surface area contributed by atoms with E-state index in [1.807, 2.05) is 49.4 Å². The Labute approximate surface area is 124 Å². The van der Waals surface area contributed by atoms with Crippen molar-refractivity contribution in [3.05, 3.63) is 64.7 Å². The van der Waals surface area contributed by atoms with Gasteiger partial charge in [-0.05, 0) is 37.1 Å². The molecule has 0 spiro atoms. The molecule has 0 saturated heterocycles. The summed E-state index contributed by atoms with van der Waals surface area (Å²) in [5.74, 6) is 0.683. The van der Waals surface area contributed by atoms with Crippen LogP contribution < -0.4 is 4.74 Å². The number of hydrogen-bond donors (Lipinski definition) is 2. The van der Waals surface area contributed by atoms with Gasteiger partial charge in [-0.1, -0.05) is 41.1 Å². The summed E-state index contributed by atoms with van der Waals surface area (Å²) in [6.45, 7) is 4.17. The van der Waals surface area contributed by atoms with Gasteiger partial charge in [0.2, 0.25) is 0 Å². The summed E-state index contributed by atoms with van der Waals surface area (Å²) < 4.78 is 5.82. The average Bonchev–Trinajstić information content (AvgIpc) is 2.53. The van der Waals surface area contributed by atoms with Gasteiger partial charge in [0.1, 0.15) is 12.4 Å². The van der Waals surface area contributed by atoms with Crippen molar-refractivity contribution < 1.29 is 15.1 Å². The van der Waals surface area contributed by atoms with E-state index < -0.39 is 0 Å². The minimum atomic E-state index is 0.0371. The van der Waals surface area contributed by atoms with E-state index in [0.717, 1.165) is 22.3 Å². The molecule has 110 valence electrons. The number of rotatable bonds is 5. The number of nitrogens with zero attached hydrogens (tertiary/aromatic N) is 1. The van der Waals surface area contributed by atoms with E-state index in [-0.39, 0.29) is 6.61 Å². The lowest BCUT2D eigenvalue weighted by Crippen LogP contribution is -2.03. The summed E-state index contributed by atoms with van der Waals surface area (Å²) in [5, 5.41) is 21.2. The Kier molecular flexibility index (Phi) is 4.95. The van der Waals surface area contributed by atoms with E-state index in [0.29, 0.717) is 18.1 Å². The summed E-state index contributed by atoms with van der Waals surface area (Å²) in [4.78, 5) is 0. The molecule has 2 rings (SSSR count). The number of benzene rings is 2. The largest absolute Gasteiger partial charge is 0.488 e. The van der Waals surface area contributed by atoms with E-state index in [1.54, 1.807) is 6.92 Å². The summed E-state index contributed by atoms with van der Waals surface area (Å²) in [7, 11) is 0. The molecule has 2 aromatic carbocycles. The maximum Gasteiger partial charge on any atom is 0.128 e. The van der Waals surface area contributed by atoms with Gasteiger partial charge in [0, 0.05) is 5.56 Å². The van der Waals surface area contributed by atoms with Crippen molar-refractivity contribution >= 4 is 5.71 Å². The van der Waals surface area contributed by atoms with Gasteiger partial charge in [-0.2, -0.15) is 0 Å². The molecule has 0 amide bonds. The van der Waals surface area contributed by atoms with E-state index in [9.17, 15) is 0 Å². The molecule has 0 aliphatic rings. The Morgan fingerprint density at radius 3 is 2.38 bits per heavy atom. The minimum Gasteiger partial charge on any atom is -0.488 e. The lowest BCUT2D eigenvalue weighted by molar-refractivity contribution is 0.281. The van der Waals surface area contributed by atoms with Gasteiger partial charge in [0.15, 0.2) is 0 Å². The molecule has 0 unspecified atom stereocenters. The number of hydrogen-bond acceptors (Lipinski definition) is 4. The van der Waals surface area contributed by atoms with Crippen molar-refractivity contribution in [1.82, 2.24) is 0 Å². The van der Waals surface area contributed by atoms with Crippen molar-refractivity contribution in [3.8, 4) is 5.75 Å². The SMILES string of the molecule is C/C(=N/O)c1cc(C)ccc1OCc1ccc(CO)cc1. The van der Waals surface area contributed by atoms with Gasteiger partial charge in [-0.15, -0.1) is 0 Å². The Balaban J connectivity index is 2.15. The smallest absolute Gasteiger partial charge is 0.128 e. The van der Waals surface area contributed by atoms with E-state index >= 15 is 0 Å². The van der Waals surface area contributed by atoms with Crippen LogP contribution in [0, 0.1) is 6.92 Å². The quantitative estimate of drug-likeness (QED) is 0.503. The Morgan fingerprint density at radius 1 is 1.10 bits per heavy atom. The number of ether oxygens (including phenoxy) is 1. The zero-order chi connectivity index (χ0) is 15.2. The Hall–Kier alpha value is -2.33. The molecule has 0 aliphatic carbocycles. The number of aryl methyl sites for hydroxylation is 1. The second-order valence-electron chi connectivity index (χ2n) is 4.95. The molecule has 0 bridgehead atoms. The molecule has 0 radical (unpaired) electrons. The van der Waals surface area contributed by atoms with Gasteiger partial charge in [-0.25, -0.2) is 0 Å². The van der Waals surface area contributed by atoms with Crippen molar-refractivity contribution in [2.45, 2.75) is 27.1 Å². The molecule has 0 atom stereocenters. The first kappa shape index (κ1) is 15.1. The van der Waals surface area contributed by atoms with Crippen LogP contribution in [-0.2, 0) is 13.2 Å². The van der Waals surface area contributed by atoms with E-state index in [4.69, 9.17) is 15.1 Å². The average molecular weight is 285 g/mol. The predicted octanol–water partition coefficient (Wildman–Crippen LogP) is 3.26. The zero-order valence-electron chi connectivity index (χ0n) is 12.2. The molecule has 0 aliphatic heterocycles. The highest BCUT2D eigenvalue weighted by Gasteiger charge is 2.08. The molecule has 2 N–H and O–H groups in total. The normalized spacial score (nSPS) is 11.5. The van der Waals surface area contributed by atoms with Crippen LogP contribution in [0.1, 0.15) is 29.2 Å². The van der Waals surface area contributed by atoms with Gasteiger partial charge < -0.3 is 15.1 Å². The fourth-order valence-electron chi connectivity index (χ4n) is 2.01. The topological polar surface area (TPSA) is 62.1 Å². The first-order chi connectivity index (χ1) is 10.1. The fourth-order valence-corrected chi connectivity index (χ4v) is 2.01. The van der Waals surface area contributed by atoms with E-state index in [1.165, 1.54) is 0 Å². The third-order valence-electron chi connectivity index (χ3n) is 3.27. The predicted molar refractivity (Wildman–Crippen MR) is 81.9 cm³/mol. The third kappa shape index (κ3) is 3.83.